The molecule has 0 aliphatic rings. The van der Waals surface area contributed by atoms with Gasteiger partial charge in [-0.05, 0) is 36.8 Å². The molecule has 0 saturated heterocycles. The van der Waals surface area contributed by atoms with Gasteiger partial charge in [0.1, 0.15) is 11.2 Å². The van der Waals surface area contributed by atoms with Crippen LogP contribution in [0.2, 0.25) is 0 Å². The number of hydrogen-bond acceptors (Lipinski definition) is 7. The summed E-state index contributed by atoms with van der Waals surface area (Å²) >= 11 is 1.71. The second-order valence-electron chi connectivity index (χ2n) is 9.45. The van der Waals surface area contributed by atoms with Gasteiger partial charge in [-0.25, -0.2) is 9.97 Å². The maximum atomic E-state index is 12.6. The van der Waals surface area contributed by atoms with Crippen molar-refractivity contribution in [2.24, 2.45) is 0 Å². The molecule has 0 unspecified atom stereocenters. The number of aromatic nitrogens is 7. The molecule has 0 radical (unpaired) electrons. The zero-order valence-corrected chi connectivity index (χ0v) is 22.2. The Morgan fingerprint density at radius 2 is 1.80 bits per heavy atom. The number of pyridine rings is 3. The number of fused-ring (bicyclic) bond motifs is 2. The molecule has 40 heavy (non-hydrogen) atoms. The molecule has 3 N–H and O–H groups in total. The summed E-state index contributed by atoms with van der Waals surface area (Å²) < 4.78 is 0. The Labute approximate surface area is 232 Å². The van der Waals surface area contributed by atoms with Crippen LogP contribution < -0.4 is 5.32 Å². The number of nitrogens with zero attached hydrogens (tertiary/aromatic N) is 5. The molecule has 0 atom stereocenters. The minimum Gasteiger partial charge on any atom is -0.335 e. The van der Waals surface area contributed by atoms with E-state index in [0.717, 1.165) is 49.2 Å². The van der Waals surface area contributed by atoms with Crippen molar-refractivity contribution in [3.8, 4) is 33.1 Å². The number of imidazole rings is 1. The van der Waals surface area contributed by atoms with Crippen LogP contribution in [0.5, 0.6) is 0 Å². The molecule has 6 aromatic heterocycles. The molecular formula is C30H22N8OS. The molecule has 194 valence electrons. The van der Waals surface area contributed by atoms with E-state index < -0.39 is 0 Å². The third-order valence-corrected chi connectivity index (χ3v) is 7.64. The summed E-state index contributed by atoms with van der Waals surface area (Å²) in [7, 11) is 0. The number of hydrogen-bond donors (Lipinski definition) is 3. The summed E-state index contributed by atoms with van der Waals surface area (Å²) in [6.07, 6.45) is 9.05. The van der Waals surface area contributed by atoms with Crippen molar-refractivity contribution >= 4 is 45.0 Å². The standard InChI is InChI=1S/C30H22N8OS/c1-17-7-8-25(40-17)23-15-32-16-24-27(23)36-30(35-24)28-22-11-20(13-33-29(22)38-37-28)19-10-21(14-31-12-19)34-26(39)9-18-5-3-2-4-6-18/h2-8,10-16H,9H2,1H3,(H,34,39)(H,35,36)(H,33,37,38). The first kappa shape index (κ1) is 23.9. The van der Waals surface area contributed by atoms with E-state index in [4.69, 9.17) is 4.98 Å². The molecule has 0 aliphatic carbocycles. The second kappa shape index (κ2) is 9.83. The Kier molecular flexibility index (Phi) is 5.86. The number of aryl methyl sites for hydroxylation is 1. The van der Waals surface area contributed by atoms with E-state index in [1.165, 1.54) is 4.88 Å². The average molecular weight is 543 g/mol. The Hall–Kier alpha value is -5.22. The number of H-pyrrole nitrogens is 2. The van der Waals surface area contributed by atoms with Crippen LogP contribution in [0, 0.1) is 6.92 Å². The number of anilines is 1. The van der Waals surface area contributed by atoms with Gasteiger partial charge in [0, 0.05) is 45.0 Å². The number of thiophene rings is 1. The van der Waals surface area contributed by atoms with E-state index in [-0.39, 0.29) is 12.3 Å². The maximum absolute atomic E-state index is 12.6. The van der Waals surface area contributed by atoms with Crippen molar-refractivity contribution in [3.63, 3.8) is 0 Å². The van der Waals surface area contributed by atoms with Gasteiger partial charge in [-0.1, -0.05) is 30.3 Å². The fourth-order valence-electron chi connectivity index (χ4n) is 4.70. The summed E-state index contributed by atoms with van der Waals surface area (Å²) in [5.41, 5.74) is 7.21. The first-order valence-corrected chi connectivity index (χ1v) is 13.5. The Bertz CT molecular complexity index is 2010. The van der Waals surface area contributed by atoms with Gasteiger partial charge >= 0.3 is 0 Å². The van der Waals surface area contributed by atoms with Gasteiger partial charge in [-0.3, -0.25) is 19.9 Å². The zero-order valence-electron chi connectivity index (χ0n) is 21.3. The Balaban J connectivity index is 1.21. The molecule has 7 rings (SSSR count). The third-order valence-electron chi connectivity index (χ3n) is 6.61. The van der Waals surface area contributed by atoms with Crippen LogP contribution in [0.25, 0.3) is 55.2 Å². The number of carbonyl (C=O) groups is 1. The summed E-state index contributed by atoms with van der Waals surface area (Å²) in [5, 5.41) is 11.3. The minimum atomic E-state index is -0.104. The van der Waals surface area contributed by atoms with Crippen LogP contribution in [-0.2, 0) is 11.2 Å². The van der Waals surface area contributed by atoms with Gasteiger partial charge < -0.3 is 10.3 Å². The Morgan fingerprint density at radius 3 is 2.65 bits per heavy atom. The average Bonchev–Trinajstić information content (AvgIpc) is 3.71. The second-order valence-corrected chi connectivity index (χ2v) is 10.7. The van der Waals surface area contributed by atoms with Crippen molar-refractivity contribution in [3.05, 3.63) is 96.0 Å². The monoisotopic (exact) mass is 542 g/mol. The van der Waals surface area contributed by atoms with Crippen LogP contribution in [0.15, 0.2) is 85.6 Å². The molecule has 0 fully saturated rings. The van der Waals surface area contributed by atoms with Gasteiger partial charge in [0.2, 0.25) is 5.91 Å². The summed E-state index contributed by atoms with van der Waals surface area (Å²) in [5.74, 6) is 0.548. The highest BCUT2D eigenvalue weighted by Gasteiger charge is 2.17. The van der Waals surface area contributed by atoms with Crippen LogP contribution in [0.1, 0.15) is 10.4 Å². The lowest BCUT2D eigenvalue weighted by atomic mass is 10.1. The van der Waals surface area contributed by atoms with E-state index in [9.17, 15) is 4.79 Å². The number of nitrogens with one attached hydrogen (secondary N) is 3. The van der Waals surface area contributed by atoms with E-state index in [1.807, 2.05) is 48.7 Å². The SMILES string of the molecule is Cc1ccc(-c2cncc3[nH]c(-c4[nH]nc5ncc(-c6cncc(NC(=O)Cc7ccccc7)c6)cc45)nc23)s1. The molecule has 0 saturated carbocycles. The van der Waals surface area contributed by atoms with Gasteiger partial charge in [-0.15, -0.1) is 11.3 Å². The number of carbonyl (C=O) groups excluding carboxylic acids is 1. The minimum absolute atomic E-state index is 0.104. The fraction of sp³-hybridized carbons (Fsp3) is 0.0667. The number of aromatic amines is 2. The normalized spacial score (nSPS) is 11.3. The quantitative estimate of drug-likeness (QED) is 0.231. The van der Waals surface area contributed by atoms with Crippen molar-refractivity contribution in [1.82, 2.24) is 35.1 Å². The predicted molar refractivity (Wildman–Crippen MR) is 157 cm³/mol. The molecule has 6 heterocycles. The van der Waals surface area contributed by atoms with E-state index >= 15 is 0 Å². The smallest absolute Gasteiger partial charge is 0.228 e. The number of amides is 1. The summed E-state index contributed by atoms with van der Waals surface area (Å²) in [4.78, 5) is 36.6. The maximum Gasteiger partial charge on any atom is 0.228 e. The molecule has 10 heteroatoms. The summed E-state index contributed by atoms with van der Waals surface area (Å²) in [6, 6.07) is 17.7. The lowest BCUT2D eigenvalue weighted by Crippen LogP contribution is -2.14. The van der Waals surface area contributed by atoms with Gasteiger partial charge in [0.25, 0.3) is 0 Å². The van der Waals surface area contributed by atoms with Gasteiger partial charge in [0.05, 0.1) is 35.4 Å². The van der Waals surface area contributed by atoms with Crippen LogP contribution in [-0.4, -0.2) is 41.0 Å². The highest BCUT2D eigenvalue weighted by Crippen LogP contribution is 2.34. The molecular weight excluding hydrogens is 520 g/mol. The van der Waals surface area contributed by atoms with Crippen LogP contribution in [0.4, 0.5) is 5.69 Å². The predicted octanol–water partition coefficient (Wildman–Crippen LogP) is 6.18. The molecule has 1 aromatic carbocycles. The van der Waals surface area contributed by atoms with E-state index in [1.54, 1.807) is 36.1 Å². The lowest BCUT2D eigenvalue weighted by molar-refractivity contribution is -0.115. The molecule has 0 aliphatic heterocycles. The molecule has 7 aromatic rings. The molecule has 1 amide bonds. The molecule has 0 spiro atoms. The third kappa shape index (κ3) is 4.50. The number of rotatable bonds is 6. The molecule has 0 bridgehead atoms. The fourth-order valence-corrected chi connectivity index (χ4v) is 5.58. The van der Waals surface area contributed by atoms with Crippen molar-refractivity contribution in [1.29, 1.82) is 0 Å². The largest absolute Gasteiger partial charge is 0.335 e. The van der Waals surface area contributed by atoms with E-state index in [0.29, 0.717) is 17.2 Å². The van der Waals surface area contributed by atoms with Gasteiger partial charge in [0.15, 0.2) is 11.5 Å². The first-order valence-electron chi connectivity index (χ1n) is 12.6. The van der Waals surface area contributed by atoms with Crippen molar-refractivity contribution < 1.29 is 4.79 Å². The van der Waals surface area contributed by atoms with Gasteiger partial charge in [-0.2, -0.15) is 5.10 Å². The van der Waals surface area contributed by atoms with Crippen molar-refractivity contribution in [2.45, 2.75) is 13.3 Å². The van der Waals surface area contributed by atoms with E-state index in [2.05, 4.69) is 54.5 Å². The zero-order chi connectivity index (χ0) is 27.1. The highest BCUT2D eigenvalue weighted by atomic mass is 32.1. The highest BCUT2D eigenvalue weighted by molar-refractivity contribution is 7.15. The molecule has 9 nitrogen and oxygen atoms in total. The lowest BCUT2D eigenvalue weighted by Gasteiger charge is -2.07. The number of benzene rings is 1. The summed E-state index contributed by atoms with van der Waals surface area (Å²) in [6.45, 7) is 2.09. The van der Waals surface area contributed by atoms with Crippen molar-refractivity contribution in [2.75, 3.05) is 5.32 Å². The van der Waals surface area contributed by atoms with Crippen LogP contribution in [0.3, 0.4) is 0 Å². The van der Waals surface area contributed by atoms with Crippen LogP contribution >= 0.6 is 11.3 Å². The first-order chi connectivity index (χ1) is 19.6. The topological polar surface area (TPSA) is 125 Å². The Morgan fingerprint density at radius 1 is 0.950 bits per heavy atom.